The normalized spacial score (nSPS) is 11.5. The van der Waals surface area contributed by atoms with Crippen molar-refractivity contribution in [3.63, 3.8) is 0 Å². The Morgan fingerprint density at radius 2 is 1.76 bits per heavy atom. The van der Waals surface area contributed by atoms with E-state index in [-0.39, 0.29) is 5.91 Å². The zero-order chi connectivity index (χ0) is 15.2. The van der Waals surface area contributed by atoms with Crippen molar-refractivity contribution >= 4 is 11.9 Å². The van der Waals surface area contributed by atoms with E-state index in [1.54, 1.807) is 30.3 Å². The lowest BCUT2D eigenvalue weighted by Crippen LogP contribution is -2.34. The lowest BCUT2D eigenvalue weighted by Gasteiger charge is -2.17. The number of ether oxygens (including phenoxy) is 1. The van der Waals surface area contributed by atoms with Crippen LogP contribution in [0.2, 0.25) is 0 Å². The second-order valence-electron chi connectivity index (χ2n) is 4.71. The molecule has 1 atom stereocenters. The van der Waals surface area contributed by atoms with Crippen LogP contribution in [0.25, 0.3) is 0 Å². The van der Waals surface area contributed by atoms with Crippen LogP contribution in [0.3, 0.4) is 0 Å². The number of benzene rings is 2. The summed E-state index contributed by atoms with van der Waals surface area (Å²) in [6.07, 6.45) is 0. The standard InChI is InChI=1S/C17H17NO3/c1-12-7-6-10-14(11-12)16(19)18-15(17(20)21-2)13-8-4-3-5-9-13/h3-11,15H,1-2H3,(H,18,19). The summed E-state index contributed by atoms with van der Waals surface area (Å²) in [5, 5.41) is 2.71. The molecular formula is C17H17NO3. The number of nitrogens with one attached hydrogen (secondary N) is 1. The molecule has 1 amide bonds. The first-order chi connectivity index (χ1) is 10.1. The number of esters is 1. The molecule has 4 heteroatoms. The molecule has 0 aliphatic carbocycles. The highest BCUT2D eigenvalue weighted by molar-refractivity contribution is 5.97. The van der Waals surface area contributed by atoms with Gasteiger partial charge in [-0.2, -0.15) is 0 Å². The summed E-state index contributed by atoms with van der Waals surface area (Å²) in [7, 11) is 1.30. The van der Waals surface area contributed by atoms with Gasteiger partial charge in [0.25, 0.3) is 5.91 Å². The number of hydrogen-bond donors (Lipinski definition) is 1. The minimum Gasteiger partial charge on any atom is -0.467 e. The fourth-order valence-corrected chi connectivity index (χ4v) is 2.04. The van der Waals surface area contributed by atoms with Crippen LogP contribution < -0.4 is 5.32 Å². The molecule has 0 fully saturated rings. The maximum atomic E-state index is 12.3. The Kier molecular flexibility index (Phi) is 4.72. The molecule has 0 spiro atoms. The molecule has 21 heavy (non-hydrogen) atoms. The van der Waals surface area contributed by atoms with Gasteiger partial charge in [-0.25, -0.2) is 4.79 Å². The van der Waals surface area contributed by atoms with E-state index in [2.05, 4.69) is 5.32 Å². The number of amides is 1. The van der Waals surface area contributed by atoms with Crippen LogP contribution in [-0.4, -0.2) is 19.0 Å². The van der Waals surface area contributed by atoms with Gasteiger partial charge in [0.1, 0.15) is 0 Å². The van der Waals surface area contributed by atoms with Crippen LogP contribution in [0.5, 0.6) is 0 Å². The van der Waals surface area contributed by atoms with Crippen LogP contribution in [0.15, 0.2) is 54.6 Å². The molecule has 2 rings (SSSR count). The van der Waals surface area contributed by atoms with Gasteiger partial charge in [0.2, 0.25) is 0 Å². The predicted molar refractivity (Wildman–Crippen MR) is 79.8 cm³/mol. The van der Waals surface area contributed by atoms with E-state index in [0.29, 0.717) is 11.1 Å². The molecule has 0 aromatic heterocycles. The van der Waals surface area contributed by atoms with Gasteiger partial charge in [-0.1, -0.05) is 48.0 Å². The summed E-state index contributed by atoms with van der Waals surface area (Å²) in [5.74, 6) is -0.805. The van der Waals surface area contributed by atoms with Crippen molar-refractivity contribution in [2.45, 2.75) is 13.0 Å². The van der Waals surface area contributed by atoms with E-state index in [1.807, 2.05) is 31.2 Å². The van der Waals surface area contributed by atoms with Gasteiger partial charge < -0.3 is 10.1 Å². The number of carbonyl (C=O) groups excluding carboxylic acids is 2. The molecule has 0 saturated carbocycles. The van der Waals surface area contributed by atoms with Crippen molar-refractivity contribution in [2.24, 2.45) is 0 Å². The monoisotopic (exact) mass is 283 g/mol. The zero-order valence-corrected chi connectivity index (χ0v) is 12.0. The van der Waals surface area contributed by atoms with Gasteiger partial charge in [0.05, 0.1) is 7.11 Å². The summed E-state index contributed by atoms with van der Waals surface area (Å²) in [5.41, 5.74) is 2.18. The molecule has 0 radical (unpaired) electrons. The van der Waals surface area contributed by atoms with Crippen LogP contribution in [0.1, 0.15) is 27.5 Å². The molecule has 2 aromatic rings. The maximum absolute atomic E-state index is 12.3. The topological polar surface area (TPSA) is 55.4 Å². The number of hydrogen-bond acceptors (Lipinski definition) is 3. The summed E-state index contributed by atoms with van der Waals surface area (Å²) in [6, 6.07) is 15.4. The van der Waals surface area contributed by atoms with E-state index in [0.717, 1.165) is 5.56 Å². The summed E-state index contributed by atoms with van der Waals surface area (Å²) >= 11 is 0. The van der Waals surface area contributed by atoms with Crippen molar-refractivity contribution in [1.82, 2.24) is 5.32 Å². The Hall–Kier alpha value is -2.62. The van der Waals surface area contributed by atoms with E-state index >= 15 is 0 Å². The van der Waals surface area contributed by atoms with E-state index < -0.39 is 12.0 Å². The molecule has 0 bridgehead atoms. The van der Waals surface area contributed by atoms with Gasteiger partial charge >= 0.3 is 5.97 Å². The highest BCUT2D eigenvalue weighted by Crippen LogP contribution is 2.15. The fourth-order valence-electron chi connectivity index (χ4n) is 2.04. The summed E-state index contributed by atoms with van der Waals surface area (Å²) in [6.45, 7) is 1.91. The molecule has 4 nitrogen and oxygen atoms in total. The molecule has 2 aromatic carbocycles. The predicted octanol–water partition coefficient (Wildman–Crippen LogP) is 2.64. The van der Waals surface area contributed by atoms with E-state index in [1.165, 1.54) is 7.11 Å². The quantitative estimate of drug-likeness (QED) is 0.878. The lowest BCUT2D eigenvalue weighted by atomic mass is 10.1. The van der Waals surface area contributed by atoms with Crippen LogP contribution >= 0.6 is 0 Å². The van der Waals surface area contributed by atoms with Crippen molar-refractivity contribution in [1.29, 1.82) is 0 Å². The van der Waals surface area contributed by atoms with Crippen molar-refractivity contribution in [2.75, 3.05) is 7.11 Å². The molecule has 0 aliphatic heterocycles. The Morgan fingerprint density at radius 3 is 2.38 bits per heavy atom. The van der Waals surface area contributed by atoms with Gasteiger partial charge in [-0.05, 0) is 24.6 Å². The molecule has 108 valence electrons. The smallest absolute Gasteiger partial charge is 0.333 e. The number of methoxy groups -OCH3 is 1. The lowest BCUT2D eigenvalue weighted by molar-refractivity contribution is -0.143. The van der Waals surface area contributed by atoms with Gasteiger partial charge in [-0.3, -0.25) is 4.79 Å². The second kappa shape index (κ2) is 6.70. The highest BCUT2D eigenvalue weighted by Gasteiger charge is 2.23. The average molecular weight is 283 g/mol. The zero-order valence-electron chi connectivity index (χ0n) is 12.0. The third-order valence-electron chi connectivity index (χ3n) is 3.13. The Morgan fingerprint density at radius 1 is 1.05 bits per heavy atom. The third kappa shape index (κ3) is 3.69. The second-order valence-corrected chi connectivity index (χ2v) is 4.71. The molecule has 0 heterocycles. The van der Waals surface area contributed by atoms with Gasteiger partial charge in [0, 0.05) is 5.56 Å². The van der Waals surface area contributed by atoms with Crippen molar-refractivity contribution in [3.05, 3.63) is 71.3 Å². The fraction of sp³-hybridized carbons (Fsp3) is 0.176. The van der Waals surface area contributed by atoms with Crippen LogP contribution in [-0.2, 0) is 9.53 Å². The largest absolute Gasteiger partial charge is 0.467 e. The minimum atomic E-state index is -0.816. The highest BCUT2D eigenvalue weighted by atomic mass is 16.5. The number of carbonyl (C=O) groups is 2. The van der Waals surface area contributed by atoms with Crippen molar-refractivity contribution < 1.29 is 14.3 Å². The molecule has 0 aliphatic rings. The maximum Gasteiger partial charge on any atom is 0.333 e. The molecule has 0 saturated heterocycles. The molecule has 1 unspecified atom stereocenters. The average Bonchev–Trinajstić information content (AvgIpc) is 2.52. The summed E-state index contributed by atoms with van der Waals surface area (Å²) < 4.78 is 4.77. The molecular weight excluding hydrogens is 266 g/mol. The van der Waals surface area contributed by atoms with Crippen molar-refractivity contribution in [3.8, 4) is 0 Å². The first kappa shape index (κ1) is 14.8. The van der Waals surface area contributed by atoms with Gasteiger partial charge in [-0.15, -0.1) is 0 Å². The summed E-state index contributed by atoms with van der Waals surface area (Å²) in [4.78, 5) is 24.2. The first-order valence-electron chi connectivity index (χ1n) is 6.62. The molecule has 1 N–H and O–H groups in total. The van der Waals surface area contributed by atoms with Crippen LogP contribution in [0, 0.1) is 6.92 Å². The van der Waals surface area contributed by atoms with Gasteiger partial charge in [0.15, 0.2) is 6.04 Å². The SMILES string of the molecule is COC(=O)C(NC(=O)c1cccc(C)c1)c1ccccc1. The minimum absolute atomic E-state index is 0.307. The van der Waals surface area contributed by atoms with E-state index in [4.69, 9.17) is 4.74 Å². The number of rotatable bonds is 4. The van der Waals surface area contributed by atoms with E-state index in [9.17, 15) is 9.59 Å². The third-order valence-corrected chi connectivity index (χ3v) is 3.13. The van der Waals surface area contributed by atoms with Crippen LogP contribution in [0.4, 0.5) is 0 Å². The Bertz CT molecular complexity index is 637. The Labute approximate surface area is 123 Å². The number of aryl methyl sites for hydroxylation is 1. The Balaban J connectivity index is 2.23. The first-order valence-corrected chi connectivity index (χ1v) is 6.62.